The van der Waals surface area contributed by atoms with Gasteiger partial charge in [-0.1, -0.05) is 12.1 Å². The molecule has 0 unspecified atom stereocenters. The third-order valence-electron chi connectivity index (χ3n) is 5.14. The first-order valence-electron chi connectivity index (χ1n) is 8.83. The van der Waals surface area contributed by atoms with Crippen molar-refractivity contribution in [3.8, 4) is 0 Å². The highest BCUT2D eigenvalue weighted by Gasteiger charge is 2.39. The van der Waals surface area contributed by atoms with Crippen molar-refractivity contribution in [3.05, 3.63) is 30.6 Å². The summed E-state index contributed by atoms with van der Waals surface area (Å²) in [5, 5.41) is 10.9. The van der Waals surface area contributed by atoms with E-state index in [9.17, 15) is 9.90 Å². The summed E-state index contributed by atoms with van der Waals surface area (Å²) in [5.41, 5.74) is 1.03. The van der Waals surface area contributed by atoms with E-state index < -0.39 is 5.60 Å². The Bertz CT molecular complexity index is 756. The van der Waals surface area contributed by atoms with Gasteiger partial charge >= 0.3 is 0 Å². The van der Waals surface area contributed by atoms with Crippen LogP contribution in [0, 0.1) is 0 Å². The first kappa shape index (κ1) is 16.5. The Labute approximate surface area is 146 Å². The maximum Gasteiger partial charge on any atom is 0.242 e. The standard InChI is InChI=1S/C18H24N4O3/c23-17(11-22-14-19-15-3-1-2-4-16(15)22)21-6-5-18(24,13-21)12-20-7-9-25-10-8-20/h1-4,14,24H,5-13H2/t18-/m0/s1. The number of hydrogen-bond donors (Lipinski definition) is 1. The number of morpholine rings is 1. The fraction of sp³-hybridized carbons (Fsp3) is 0.556. The maximum absolute atomic E-state index is 12.7. The van der Waals surface area contributed by atoms with Crippen LogP contribution in [0.2, 0.25) is 0 Å². The molecule has 7 nitrogen and oxygen atoms in total. The summed E-state index contributed by atoms with van der Waals surface area (Å²) in [6.07, 6.45) is 2.33. The van der Waals surface area contributed by atoms with Gasteiger partial charge in [-0.25, -0.2) is 4.98 Å². The summed E-state index contributed by atoms with van der Waals surface area (Å²) in [7, 11) is 0. The molecule has 0 saturated carbocycles. The molecule has 1 aromatic carbocycles. The molecule has 0 radical (unpaired) electrons. The predicted octanol–water partition coefficient (Wildman–Crippen LogP) is 0.332. The van der Waals surface area contributed by atoms with E-state index in [4.69, 9.17) is 4.74 Å². The van der Waals surface area contributed by atoms with E-state index >= 15 is 0 Å². The monoisotopic (exact) mass is 344 g/mol. The molecule has 0 aliphatic carbocycles. The number of imidazole rings is 1. The molecule has 2 saturated heterocycles. The highest BCUT2D eigenvalue weighted by Crippen LogP contribution is 2.23. The molecule has 1 N–H and O–H groups in total. The molecule has 25 heavy (non-hydrogen) atoms. The number of amides is 1. The molecule has 0 bridgehead atoms. The average Bonchev–Trinajstić information content (AvgIpc) is 3.20. The number of nitrogens with zero attached hydrogens (tertiary/aromatic N) is 4. The van der Waals surface area contributed by atoms with Gasteiger partial charge in [0, 0.05) is 26.2 Å². The number of aliphatic hydroxyl groups is 1. The molecule has 1 atom stereocenters. The normalized spacial score (nSPS) is 24.9. The zero-order valence-corrected chi connectivity index (χ0v) is 14.3. The minimum atomic E-state index is -0.815. The first-order valence-corrected chi connectivity index (χ1v) is 8.83. The van der Waals surface area contributed by atoms with Crippen LogP contribution in [-0.2, 0) is 16.1 Å². The largest absolute Gasteiger partial charge is 0.387 e. The minimum Gasteiger partial charge on any atom is -0.387 e. The molecule has 2 aromatic rings. The van der Waals surface area contributed by atoms with E-state index in [1.807, 2.05) is 28.8 Å². The van der Waals surface area contributed by atoms with Crippen molar-refractivity contribution in [1.29, 1.82) is 0 Å². The number of para-hydroxylation sites is 2. The van der Waals surface area contributed by atoms with Gasteiger partial charge in [-0.05, 0) is 18.6 Å². The summed E-state index contributed by atoms with van der Waals surface area (Å²) in [5.74, 6) is 0.0288. The lowest BCUT2D eigenvalue weighted by atomic mass is 10.0. The Balaban J connectivity index is 1.38. The van der Waals surface area contributed by atoms with Crippen molar-refractivity contribution in [2.75, 3.05) is 45.9 Å². The van der Waals surface area contributed by atoms with Crippen molar-refractivity contribution in [3.63, 3.8) is 0 Å². The van der Waals surface area contributed by atoms with Crippen LogP contribution < -0.4 is 0 Å². The second-order valence-electron chi connectivity index (χ2n) is 7.04. The zero-order chi connectivity index (χ0) is 17.3. The van der Waals surface area contributed by atoms with E-state index in [2.05, 4.69) is 9.88 Å². The van der Waals surface area contributed by atoms with Gasteiger partial charge in [0.05, 0.1) is 42.7 Å². The number of carbonyl (C=O) groups is 1. The molecule has 2 aliphatic rings. The van der Waals surface area contributed by atoms with E-state index in [1.165, 1.54) is 0 Å². The fourth-order valence-electron chi connectivity index (χ4n) is 3.76. The Morgan fingerprint density at radius 2 is 2.04 bits per heavy atom. The molecule has 4 rings (SSSR count). The molecule has 2 aliphatic heterocycles. The Kier molecular flexibility index (Phi) is 4.45. The zero-order valence-electron chi connectivity index (χ0n) is 14.3. The van der Waals surface area contributed by atoms with Crippen LogP contribution in [0.3, 0.4) is 0 Å². The van der Waals surface area contributed by atoms with Crippen molar-refractivity contribution >= 4 is 16.9 Å². The summed E-state index contributed by atoms with van der Waals surface area (Å²) in [4.78, 5) is 21.0. The van der Waals surface area contributed by atoms with Crippen molar-refractivity contribution < 1.29 is 14.6 Å². The SMILES string of the molecule is O=C(Cn1cnc2ccccc21)N1CC[C@](O)(CN2CCOCC2)C1. The van der Waals surface area contributed by atoms with Crippen molar-refractivity contribution in [2.24, 2.45) is 0 Å². The molecule has 1 aromatic heterocycles. The maximum atomic E-state index is 12.7. The molecule has 1 amide bonds. The molecular weight excluding hydrogens is 320 g/mol. The lowest BCUT2D eigenvalue weighted by molar-refractivity contribution is -0.132. The number of benzene rings is 1. The van der Waals surface area contributed by atoms with Gasteiger partial charge in [-0.15, -0.1) is 0 Å². The second kappa shape index (κ2) is 6.74. The van der Waals surface area contributed by atoms with E-state index in [-0.39, 0.29) is 12.5 Å². The lowest BCUT2D eigenvalue weighted by Gasteiger charge is -2.33. The van der Waals surface area contributed by atoms with E-state index in [0.717, 1.165) is 24.1 Å². The number of rotatable bonds is 4. The molecule has 7 heteroatoms. The van der Waals surface area contributed by atoms with Crippen LogP contribution in [0.5, 0.6) is 0 Å². The number of β-amino-alcohol motifs (C(OH)–C–C–N with tert-alkyl or cyclic N) is 1. The number of fused-ring (bicyclic) bond motifs is 1. The van der Waals surface area contributed by atoms with Crippen LogP contribution in [0.25, 0.3) is 11.0 Å². The van der Waals surface area contributed by atoms with E-state index in [0.29, 0.717) is 39.3 Å². The summed E-state index contributed by atoms with van der Waals surface area (Å²) in [6.45, 7) is 4.98. The van der Waals surface area contributed by atoms with Gasteiger partial charge < -0.3 is 19.3 Å². The van der Waals surface area contributed by atoms with Crippen molar-refractivity contribution in [2.45, 2.75) is 18.6 Å². The summed E-state index contributed by atoms with van der Waals surface area (Å²) in [6, 6.07) is 7.79. The quantitative estimate of drug-likeness (QED) is 0.866. The number of ether oxygens (including phenoxy) is 1. The van der Waals surface area contributed by atoms with Crippen LogP contribution in [0.1, 0.15) is 6.42 Å². The predicted molar refractivity (Wildman–Crippen MR) is 93.1 cm³/mol. The van der Waals surface area contributed by atoms with Gasteiger partial charge in [0.1, 0.15) is 6.54 Å². The highest BCUT2D eigenvalue weighted by molar-refractivity contribution is 5.80. The topological polar surface area (TPSA) is 70.8 Å². The van der Waals surface area contributed by atoms with Crippen LogP contribution >= 0.6 is 0 Å². The number of hydrogen-bond acceptors (Lipinski definition) is 5. The molecule has 134 valence electrons. The number of likely N-dealkylation sites (tertiary alicyclic amines) is 1. The molecule has 3 heterocycles. The van der Waals surface area contributed by atoms with Gasteiger partial charge in [-0.2, -0.15) is 0 Å². The third kappa shape index (κ3) is 3.53. The second-order valence-corrected chi connectivity index (χ2v) is 7.04. The van der Waals surface area contributed by atoms with Gasteiger partial charge in [0.2, 0.25) is 5.91 Å². The lowest BCUT2D eigenvalue weighted by Crippen LogP contribution is -2.49. The minimum absolute atomic E-state index is 0.0288. The van der Waals surface area contributed by atoms with E-state index in [1.54, 1.807) is 11.2 Å². The number of aromatic nitrogens is 2. The fourth-order valence-corrected chi connectivity index (χ4v) is 3.76. The van der Waals surface area contributed by atoms with Crippen molar-refractivity contribution in [1.82, 2.24) is 19.4 Å². The Morgan fingerprint density at radius 1 is 1.24 bits per heavy atom. The van der Waals surface area contributed by atoms with Gasteiger partial charge in [0.15, 0.2) is 0 Å². The molecule has 0 spiro atoms. The third-order valence-corrected chi connectivity index (χ3v) is 5.14. The molecular formula is C18H24N4O3. The highest BCUT2D eigenvalue weighted by atomic mass is 16.5. The first-order chi connectivity index (χ1) is 12.1. The van der Waals surface area contributed by atoms with Gasteiger partial charge in [-0.3, -0.25) is 9.69 Å². The average molecular weight is 344 g/mol. The Morgan fingerprint density at radius 3 is 2.88 bits per heavy atom. The Hall–Kier alpha value is -1.96. The van der Waals surface area contributed by atoms with Crippen LogP contribution in [-0.4, -0.2) is 81.9 Å². The van der Waals surface area contributed by atoms with Gasteiger partial charge in [0.25, 0.3) is 0 Å². The smallest absolute Gasteiger partial charge is 0.242 e. The van der Waals surface area contributed by atoms with Crippen LogP contribution in [0.4, 0.5) is 0 Å². The summed E-state index contributed by atoms with van der Waals surface area (Å²) < 4.78 is 7.23. The molecule has 2 fully saturated rings. The number of carbonyl (C=O) groups excluding carboxylic acids is 1. The van der Waals surface area contributed by atoms with Crippen LogP contribution in [0.15, 0.2) is 30.6 Å². The summed E-state index contributed by atoms with van der Waals surface area (Å²) >= 11 is 0.